The van der Waals surface area contributed by atoms with Gasteiger partial charge in [0.1, 0.15) is 122 Å². The van der Waals surface area contributed by atoms with Gasteiger partial charge in [0, 0.05) is 6.92 Å². The molecule has 1 amide bonds. The number of carbonyl (C=O) groups is 1. The van der Waals surface area contributed by atoms with Crippen LogP contribution in [0, 0.1) is 0 Å². The molecular weight excluding hydrogens is 814 g/mol. The van der Waals surface area contributed by atoms with E-state index in [0.717, 1.165) is 6.92 Å². The van der Waals surface area contributed by atoms with Gasteiger partial charge in [-0.1, -0.05) is 0 Å². The van der Waals surface area contributed by atoms with E-state index in [4.69, 9.17) is 42.6 Å². The van der Waals surface area contributed by atoms with Crippen LogP contribution >= 0.6 is 0 Å². The highest BCUT2D eigenvalue weighted by molar-refractivity contribution is 5.73. The van der Waals surface area contributed by atoms with Crippen molar-refractivity contribution in [2.45, 2.75) is 160 Å². The van der Waals surface area contributed by atoms with Gasteiger partial charge in [0.05, 0.1) is 33.0 Å². The monoisotopic (exact) mass is 869 g/mol. The van der Waals surface area contributed by atoms with Crippen molar-refractivity contribution in [2.75, 3.05) is 33.0 Å². The number of aliphatic hydroxyl groups excluding tert-OH is 16. The summed E-state index contributed by atoms with van der Waals surface area (Å²) >= 11 is 0. The Morgan fingerprint density at radius 3 is 1.32 bits per heavy atom. The van der Waals surface area contributed by atoms with Crippen LogP contribution < -0.4 is 5.32 Å². The van der Waals surface area contributed by atoms with E-state index in [1.54, 1.807) is 0 Å². The van der Waals surface area contributed by atoms with Gasteiger partial charge >= 0.3 is 0 Å². The van der Waals surface area contributed by atoms with Crippen LogP contribution in [0.15, 0.2) is 0 Å². The first-order valence-electron chi connectivity index (χ1n) is 18.6. The first-order chi connectivity index (χ1) is 27.8. The molecule has 344 valence electrons. The predicted molar refractivity (Wildman–Crippen MR) is 178 cm³/mol. The van der Waals surface area contributed by atoms with Gasteiger partial charge in [-0.2, -0.15) is 0 Å². The third kappa shape index (κ3) is 10.5. The van der Waals surface area contributed by atoms with Crippen LogP contribution in [0.1, 0.15) is 6.92 Å². The van der Waals surface area contributed by atoms with Gasteiger partial charge in [0.2, 0.25) is 5.91 Å². The Labute approximate surface area is 333 Å². The highest BCUT2D eigenvalue weighted by atomic mass is 16.8. The average molecular weight is 870 g/mol. The van der Waals surface area contributed by atoms with Gasteiger partial charge < -0.3 is 130 Å². The number of hydrogen-bond donors (Lipinski definition) is 17. The molecule has 0 aromatic rings. The lowest BCUT2D eigenvalue weighted by Gasteiger charge is -2.48. The van der Waals surface area contributed by atoms with Gasteiger partial charge in [-0.15, -0.1) is 0 Å². The summed E-state index contributed by atoms with van der Waals surface area (Å²) in [7, 11) is 0. The minimum atomic E-state index is -2.14. The van der Waals surface area contributed by atoms with Crippen LogP contribution in [0.25, 0.3) is 0 Å². The number of hydrogen-bond acceptors (Lipinski definition) is 26. The number of carbonyl (C=O) groups excluding carboxylic acids is 1. The lowest BCUT2D eigenvalue weighted by molar-refractivity contribution is -0.380. The highest BCUT2D eigenvalue weighted by Crippen LogP contribution is 2.34. The molecule has 5 saturated heterocycles. The zero-order valence-electron chi connectivity index (χ0n) is 31.2. The lowest BCUT2D eigenvalue weighted by Crippen LogP contribution is -2.68. The van der Waals surface area contributed by atoms with E-state index in [2.05, 4.69) is 5.32 Å². The summed E-state index contributed by atoms with van der Waals surface area (Å²) in [4.78, 5) is 11.8. The summed E-state index contributed by atoms with van der Waals surface area (Å²) < 4.78 is 49.8. The Morgan fingerprint density at radius 2 is 0.831 bits per heavy atom. The third-order valence-electron chi connectivity index (χ3n) is 10.7. The fourth-order valence-corrected chi connectivity index (χ4v) is 7.22. The molecule has 5 aliphatic heterocycles. The maximum Gasteiger partial charge on any atom is 0.217 e. The molecule has 59 heavy (non-hydrogen) atoms. The normalized spacial score (nSPS) is 51.0. The van der Waals surface area contributed by atoms with Gasteiger partial charge in [0.15, 0.2) is 31.5 Å². The Morgan fingerprint density at radius 1 is 0.441 bits per heavy atom. The van der Waals surface area contributed by atoms with E-state index < -0.39 is 192 Å². The molecule has 0 spiro atoms. The van der Waals surface area contributed by atoms with E-state index in [0.29, 0.717) is 0 Å². The molecule has 5 rings (SSSR count). The first kappa shape index (κ1) is 48.5. The maximum absolute atomic E-state index is 11.8. The molecule has 27 nitrogen and oxygen atoms in total. The van der Waals surface area contributed by atoms with Crippen LogP contribution in [-0.2, 0) is 47.4 Å². The van der Waals surface area contributed by atoms with Crippen LogP contribution in [-0.4, -0.2) is 274 Å². The highest BCUT2D eigenvalue weighted by Gasteiger charge is 2.55. The Bertz CT molecular complexity index is 1320. The molecular formula is C32H55NO26. The second kappa shape index (κ2) is 20.8. The molecule has 0 aromatic heterocycles. The molecule has 17 N–H and O–H groups in total. The molecule has 5 aliphatic rings. The molecule has 5 heterocycles. The molecule has 0 aromatic carbocycles. The molecule has 0 radical (unpaired) electrons. The van der Waals surface area contributed by atoms with Crippen LogP contribution in [0.5, 0.6) is 0 Å². The molecule has 0 bridgehead atoms. The van der Waals surface area contributed by atoms with Crippen LogP contribution in [0.4, 0.5) is 0 Å². The van der Waals surface area contributed by atoms with Crippen molar-refractivity contribution in [1.82, 2.24) is 5.32 Å². The SMILES string of the molecule is CC(=O)N[C@H]1[C@H](O)[C@@H](O[C@@H]2O[C@H](CO[C@H]3O[C@H](CO[C@@H]4O[C@@H](CO)[C@H](O)[C@@H](O)[C@H]4O)[C@@H](O)[C@H](O)[C@@H]3O)[C@@H](O)[C@H](O[C@@H]3O[C@@H](CO)[C@H](O)[C@@H](O)[C@H]3O)[C@@H]2O)[C@H](CO)O[C@@H]1O. The summed E-state index contributed by atoms with van der Waals surface area (Å²) in [5.41, 5.74) is 0. The Kier molecular flexibility index (Phi) is 17.1. The van der Waals surface area contributed by atoms with Crippen LogP contribution in [0.2, 0.25) is 0 Å². The van der Waals surface area contributed by atoms with Gasteiger partial charge in [-0.25, -0.2) is 0 Å². The van der Waals surface area contributed by atoms with E-state index >= 15 is 0 Å². The zero-order chi connectivity index (χ0) is 43.6. The summed E-state index contributed by atoms with van der Waals surface area (Å²) in [6, 6.07) is -1.55. The summed E-state index contributed by atoms with van der Waals surface area (Å²) in [6.07, 6.45) is -43.9. The Hall–Kier alpha value is -1.53. The zero-order valence-corrected chi connectivity index (χ0v) is 31.2. The topological polar surface area (TPSA) is 436 Å². The number of ether oxygens (including phenoxy) is 9. The molecule has 27 heteroatoms. The lowest BCUT2D eigenvalue weighted by atomic mass is 9.95. The van der Waals surface area contributed by atoms with Crippen molar-refractivity contribution in [3.05, 3.63) is 0 Å². The minimum absolute atomic E-state index is 0.715. The van der Waals surface area contributed by atoms with Crippen molar-refractivity contribution < 1.29 is 129 Å². The fraction of sp³-hybridized carbons (Fsp3) is 0.969. The van der Waals surface area contributed by atoms with E-state index in [1.165, 1.54) is 0 Å². The number of rotatable bonds is 14. The quantitative estimate of drug-likeness (QED) is 0.0770. The Balaban J connectivity index is 1.34. The second-order valence-corrected chi connectivity index (χ2v) is 14.8. The molecule has 25 atom stereocenters. The van der Waals surface area contributed by atoms with Crippen molar-refractivity contribution in [3.8, 4) is 0 Å². The first-order valence-corrected chi connectivity index (χ1v) is 18.6. The summed E-state index contributed by atoms with van der Waals surface area (Å²) in [6.45, 7) is -3.09. The number of nitrogens with one attached hydrogen (secondary N) is 1. The fourth-order valence-electron chi connectivity index (χ4n) is 7.22. The molecule has 0 unspecified atom stereocenters. The maximum atomic E-state index is 11.8. The van der Waals surface area contributed by atoms with Crippen molar-refractivity contribution >= 4 is 5.91 Å². The van der Waals surface area contributed by atoms with Gasteiger partial charge in [-0.05, 0) is 0 Å². The van der Waals surface area contributed by atoms with Gasteiger partial charge in [-0.3, -0.25) is 4.79 Å². The molecule has 0 saturated carbocycles. The van der Waals surface area contributed by atoms with E-state index in [9.17, 15) is 86.5 Å². The molecule has 5 fully saturated rings. The largest absolute Gasteiger partial charge is 0.394 e. The summed E-state index contributed by atoms with van der Waals surface area (Å²) in [5, 5.41) is 169. The smallest absolute Gasteiger partial charge is 0.217 e. The molecule has 0 aliphatic carbocycles. The average Bonchev–Trinajstić information content (AvgIpc) is 3.21. The van der Waals surface area contributed by atoms with Crippen molar-refractivity contribution in [2.24, 2.45) is 0 Å². The summed E-state index contributed by atoms with van der Waals surface area (Å²) in [5.74, 6) is -0.715. The number of aliphatic hydroxyl groups is 16. The van der Waals surface area contributed by atoms with E-state index in [-0.39, 0.29) is 0 Å². The predicted octanol–water partition coefficient (Wildman–Crippen LogP) is -11.8. The third-order valence-corrected chi connectivity index (χ3v) is 10.7. The van der Waals surface area contributed by atoms with Crippen molar-refractivity contribution in [3.63, 3.8) is 0 Å². The van der Waals surface area contributed by atoms with Crippen molar-refractivity contribution in [1.29, 1.82) is 0 Å². The second-order valence-electron chi connectivity index (χ2n) is 14.8. The van der Waals surface area contributed by atoms with Crippen LogP contribution in [0.3, 0.4) is 0 Å². The minimum Gasteiger partial charge on any atom is -0.394 e. The van der Waals surface area contributed by atoms with E-state index in [1.807, 2.05) is 0 Å². The number of amides is 1. The standard InChI is InChI=1S/C32H55NO26/c1-7(37)33-13-18(42)26(10(4-36)53-28(13)50)58-32-25(49)27(59-31-24(48)20(44)15(39)9(3-35)55-31)17(41)12(57-32)6-52-30-23(47)21(45)16(40)11(56-30)5-51-29-22(46)19(43)14(38)8(2-34)54-29/h8-32,34-36,38-50H,2-6H2,1H3,(H,33,37)/t8-,9-,10-,11+,12+,13-,14-,15-,16+,17+,18-,19+,20+,21-,22+,23-,24+,25-,26-,27-,28-,29+,30-,31-,32-/m0/s1. The van der Waals surface area contributed by atoms with Gasteiger partial charge in [0.25, 0.3) is 0 Å².